The number of carbonyl (C=O) groups excluding carboxylic acids is 2. The monoisotopic (exact) mass is 223 g/mol. The molecule has 16 heavy (non-hydrogen) atoms. The van der Waals surface area contributed by atoms with Crippen LogP contribution in [0.1, 0.15) is 39.5 Å². The van der Waals surface area contributed by atoms with E-state index < -0.39 is 0 Å². The zero-order valence-electron chi connectivity index (χ0n) is 10.2. The maximum atomic E-state index is 12.0. The van der Waals surface area contributed by atoms with E-state index in [-0.39, 0.29) is 17.6 Å². The van der Waals surface area contributed by atoms with Crippen LogP contribution < -0.4 is 0 Å². The first-order valence-electron chi connectivity index (χ1n) is 6.38. The molecular weight excluding hydrogens is 202 g/mol. The van der Waals surface area contributed by atoms with Crippen molar-refractivity contribution in [3.8, 4) is 0 Å². The van der Waals surface area contributed by atoms with Gasteiger partial charge in [-0.3, -0.25) is 9.59 Å². The van der Waals surface area contributed by atoms with Crippen molar-refractivity contribution >= 4 is 11.7 Å². The topological polar surface area (TPSA) is 37.4 Å². The van der Waals surface area contributed by atoms with Gasteiger partial charge in [-0.1, -0.05) is 13.8 Å². The molecule has 3 heteroatoms. The minimum absolute atomic E-state index is 0.0168. The normalized spacial score (nSPS) is 23.7. The first-order chi connectivity index (χ1) is 7.58. The lowest BCUT2D eigenvalue weighted by atomic mass is 9.81. The molecule has 0 spiro atoms. The second-order valence-corrected chi connectivity index (χ2v) is 5.55. The van der Waals surface area contributed by atoms with E-state index in [1.807, 2.05) is 4.90 Å². The maximum Gasteiger partial charge on any atom is 0.226 e. The van der Waals surface area contributed by atoms with Gasteiger partial charge in [0.25, 0.3) is 0 Å². The van der Waals surface area contributed by atoms with Crippen molar-refractivity contribution in [3.05, 3.63) is 0 Å². The highest BCUT2D eigenvalue weighted by molar-refractivity contribution is 5.96. The number of ketones is 1. The highest BCUT2D eigenvalue weighted by atomic mass is 16.2. The molecule has 0 aromatic heterocycles. The van der Waals surface area contributed by atoms with Crippen LogP contribution in [-0.4, -0.2) is 29.7 Å². The van der Waals surface area contributed by atoms with Gasteiger partial charge >= 0.3 is 0 Å². The highest BCUT2D eigenvalue weighted by Gasteiger charge is 2.36. The van der Waals surface area contributed by atoms with Crippen LogP contribution >= 0.6 is 0 Å². The summed E-state index contributed by atoms with van der Waals surface area (Å²) in [4.78, 5) is 24.8. The Morgan fingerprint density at radius 2 is 1.81 bits per heavy atom. The zero-order valence-corrected chi connectivity index (χ0v) is 10.2. The van der Waals surface area contributed by atoms with Crippen LogP contribution in [0.5, 0.6) is 0 Å². The van der Waals surface area contributed by atoms with E-state index >= 15 is 0 Å². The Hall–Kier alpha value is -0.860. The number of piperidine rings is 1. The Labute approximate surface area is 97.2 Å². The molecule has 0 aromatic rings. The van der Waals surface area contributed by atoms with Crippen LogP contribution in [0.3, 0.4) is 0 Å². The van der Waals surface area contributed by atoms with Crippen LogP contribution in [0.2, 0.25) is 0 Å². The van der Waals surface area contributed by atoms with Crippen LogP contribution in [0.4, 0.5) is 0 Å². The first-order valence-corrected chi connectivity index (χ1v) is 6.38. The van der Waals surface area contributed by atoms with Crippen molar-refractivity contribution in [1.29, 1.82) is 0 Å². The minimum atomic E-state index is 0.0168. The molecule has 1 saturated carbocycles. The van der Waals surface area contributed by atoms with Crippen LogP contribution in [-0.2, 0) is 9.59 Å². The number of Topliss-reactive ketones (excluding diaryl/α,β-unsaturated/α-hetero) is 1. The van der Waals surface area contributed by atoms with Gasteiger partial charge in [-0.2, -0.15) is 0 Å². The van der Waals surface area contributed by atoms with Crippen LogP contribution in [0, 0.1) is 17.8 Å². The summed E-state index contributed by atoms with van der Waals surface area (Å²) in [5, 5.41) is 0. The second-order valence-electron chi connectivity index (χ2n) is 5.55. The lowest BCUT2D eigenvalue weighted by molar-refractivity contribution is -0.146. The van der Waals surface area contributed by atoms with E-state index in [0.717, 1.165) is 37.8 Å². The smallest absolute Gasteiger partial charge is 0.226 e. The van der Waals surface area contributed by atoms with Gasteiger partial charge in [0, 0.05) is 25.9 Å². The Morgan fingerprint density at radius 3 is 2.25 bits per heavy atom. The standard InChI is InChI=1S/C13H21NO2/c1-9(2)10-3-5-14(6-4-10)13(16)11-7-12(15)8-11/h9-11H,3-8H2,1-2H3. The molecule has 3 nitrogen and oxygen atoms in total. The summed E-state index contributed by atoms with van der Waals surface area (Å²) in [6.07, 6.45) is 3.24. The first kappa shape index (κ1) is 11.6. The highest BCUT2D eigenvalue weighted by Crippen LogP contribution is 2.29. The zero-order chi connectivity index (χ0) is 11.7. The van der Waals surface area contributed by atoms with Gasteiger partial charge in [-0.25, -0.2) is 0 Å². The van der Waals surface area contributed by atoms with Crippen molar-refractivity contribution in [2.24, 2.45) is 17.8 Å². The predicted molar refractivity (Wildman–Crippen MR) is 61.9 cm³/mol. The third-order valence-electron chi connectivity index (χ3n) is 4.09. The lowest BCUT2D eigenvalue weighted by Gasteiger charge is -2.37. The summed E-state index contributed by atoms with van der Waals surface area (Å²) in [6, 6.07) is 0. The Morgan fingerprint density at radius 1 is 1.25 bits per heavy atom. The summed E-state index contributed by atoms with van der Waals surface area (Å²) in [5.41, 5.74) is 0. The molecule has 1 heterocycles. The van der Waals surface area contributed by atoms with Gasteiger partial charge in [0.05, 0.1) is 5.92 Å². The lowest BCUT2D eigenvalue weighted by Crippen LogP contribution is -2.46. The Kier molecular flexibility index (Phi) is 3.31. The summed E-state index contributed by atoms with van der Waals surface area (Å²) < 4.78 is 0. The fourth-order valence-electron chi connectivity index (χ4n) is 2.71. The molecule has 2 aliphatic rings. The number of nitrogens with zero attached hydrogens (tertiary/aromatic N) is 1. The molecule has 2 fully saturated rings. The van der Waals surface area contributed by atoms with E-state index in [0.29, 0.717) is 12.8 Å². The molecule has 1 aliphatic heterocycles. The van der Waals surface area contributed by atoms with Crippen molar-refractivity contribution < 1.29 is 9.59 Å². The molecule has 0 aromatic carbocycles. The number of hydrogen-bond acceptors (Lipinski definition) is 2. The molecule has 0 N–H and O–H groups in total. The molecule has 0 radical (unpaired) electrons. The van der Waals surface area contributed by atoms with E-state index in [4.69, 9.17) is 0 Å². The predicted octanol–water partition coefficient (Wildman–Crippen LogP) is 1.86. The van der Waals surface area contributed by atoms with Crippen LogP contribution in [0.15, 0.2) is 0 Å². The summed E-state index contributed by atoms with van der Waals surface area (Å²) in [6.45, 7) is 6.30. The molecule has 1 amide bonds. The number of hydrogen-bond donors (Lipinski definition) is 0. The summed E-state index contributed by atoms with van der Waals surface area (Å²) in [7, 11) is 0. The van der Waals surface area contributed by atoms with Gasteiger partial charge in [-0.15, -0.1) is 0 Å². The van der Waals surface area contributed by atoms with E-state index in [1.165, 1.54) is 0 Å². The number of carbonyl (C=O) groups is 2. The maximum absolute atomic E-state index is 12.0. The molecular formula is C13H21NO2. The van der Waals surface area contributed by atoms with E-state index in [1.54, 1.807) is 0 Å². The van der Waals surface area contributed by atoms with Crippen molar-refractivity contribution in [2.45, 2.75) is 39.5 Å². The van der Waals surface area contributed by atoms with Gasteiger partial charge in [0.2, 0.25) is 5.91 Å². The van der Waals surface area contributed by atoms with E-state index in [9.17, 15) is 9.59 Å². The molecule has 1 aliphatic carbocycles. The number of likely N-dealkylation sites (tertiary alicyclic amines) is 1. The van der Waals surface area contributed by atoms with Crippen molar-refractivity contribution in [3.63, 3.8) is 0 Å². The van der Waals surface area contributed by atoms with Gasteiger partial charge < -0.3 is 4.90 Å². The van der Waals surface area contributed by atoms with Crippen molar-refractivity contribution in [2.75, 3.05) is 13.1 Å². The fourth-order valence-corrected chi connectivity index (χ4v) is 2.71. The largest absolute Gasteiger partial charge is 0.342 e. The third kappa shape index (κ3) is 2.28. The molecule has 1 saturated heterocycles. The molecule has 90 valence electrons. The average Bonchev–Trinajstić information content (AvgIpc) is 2.24. The van der Waals surface area contributed by atoms with Gasteiger partial charge in [0.1, 0.15) is 5.78 Å². The Balaban J connectivity index is 1.80. The fraction of sp³-hybridized carbons (Fsp3) is 0.846. The van der Waals surface area contributed by atoms with Gasteiger partial charge in [-0.05, 0) is 24.7 Å². The summed E-state index contributed by atoms with van der Waals surface area (Å²) in [5.74, 6) is 1.98. The van der Waals surface area contributed by atoms with Crippen LogP contribution in [0.25, 0.3) is 0 Å². The van der Waals surface area contributed by atoms with E-state index in [2.05, 4.69) is 13.8 Å². The Bertz CT molecular complexity index is 282. The third-order valence-corrected chi connectivity index (χ3v) is 4.09. The molecule has 0 bridgehead atoms. The van der Waals surface area contributed by atoms with Gasteiger partial charge in [0.15, 0.2) is 0 Å². The summed E-state index contributed by atoms with van der Waals surface area (Å²) >= 11 is 0. The SMILES string of the molecule is CC(C)C1CCN(C(=O)C2CC(=O)C2)CC1. The number of amides is 1. The van der Waals surface area contributed by atoms with Crippen molar-refractivity contribution in [1.82, 2.24) is 4.90 Å². The minimum Gasteiger partial charge on any atom is -0.342 e. The molecule has 0 unspecified atom stereocenters. The average molecular weight is 223 g/mol. The molecule has 2 rings (SSSR count). The quantitative estimate of drug-likeness (QED) is 0.716. The number of rotatable bonds is 2. The second kappa shape index (κ2) is 4.56. The molecule has 0 atom stereocenters.